The van der Waals surface area contributed by atoms with Crippen LogP contribution >= 0.6 is 0 Å². The Bertz CT molecular complexity index is 926. The van der Waals surface area contributed by atoms with E-state index >= 15 is 0 Å². The molecule has 1 aliphatic heterocycles. The van der Waals surface area contributed by atoms with Crippen molar-refractivity contribution >= 4 is 23.3 Å². The smallest absolute Gasteiger partial charge is 0.410 e. The number of pyridine rings is 1. The van der Waals surface area contributed by atoms with Crippen molar-refractivity contribution in [3.63, 3.8) is 0 Å². The van der Waals surface area contributed by atoms with Gasteiger partial charge in [-0.25, -0.2) is 9.78 Å². The van der Waals surface area contributed by atoms with Crippen LogP contribution in [0.4, 0.5) is 10.5 Å². The Labute approximate surface area is 164 Å². The molecule has 8 heteroatoms. The number of anilines is 1. The van der Waals surface area contributed by atoms with Gasteiger partial charge in [-0.3, -0.25) is 9.69 Å². The summed E-state index contributed by atoms with van der Waals surface area (Å²) in [4.78, 5) is 33.0. The molecular formula is C20H27N5O3. The fraction of sp³-hybridized carbons (Fsp3) is 0.550. The van der Waals surface area contributed by atoms with E-state index in [-0.39, 0.29) is 12.5 Å². The van der Waals surface area contributed by atoms with Crippen LogP contribution in [0.2, 0.25) is 0 Å². The molecule has 1 saturated carbocycles. The number of carbonyl (C=O) groups is 2. The Balaban J connectivity index is 1.61. The Morgan fingerprint density at radius 2 is 2.04 bits per heavy atom. The van der Waals surface area contributed by atoms with Gasteiger partial charge in [0.1, 0.15) is 12.1 Å². The molecule has 0 aromatic carbocycles. The molecule has 0 radical (unpaired) electrons. The molecule has 150 valence electrons. The Kier molecular flexibility index (Phi) is 4.53. The molecule has 3 heterocycles. The number of nitrogens with zero attached hydrogens (tertiary/aromatic N) is 4. The van der Waals surface area contributed by atoms with E-state index in [9.17, 15) is 9.59 Å². The van der Waals surface area contributed by atoms with Gasteiger partial charge in [-0.1, -0.05) is 0 Å². The SMILES string of the molecule is CC(C)(C)OC(=O)N1CCN(c2cc(C3CC3)cn3cc(CN)nc23)C(=O)C1. The number of amides is 2. The maximum atomic E-state index is 12.9. The van der Waals surface area contributed by atoms with Crippen LogP contribution < -0.4 is 10.6 Å². The predicted molar refractivity (Wildman–Crippen MR) is 105 cm³/mol. The van der Waals surface area contributed by atoms with Crippen LogP contribution in [0, 0.1) is 0 Å². The van der Waals surface area contributed by atoms with E-state index in [1.165, 1.54) is 23.3 Å². The fourth-order valence-corrected chi connectivity index (χ4v) is 3.50. The van der Waals surface area contributed by atoms with Crippen LogP contribution in [0.15, 0.2) is 18.5 Å². The first-order valence-corrected chi connectivity index (χ1v) is 9.75. The molecule has 1 saturated heterocycles. The second-order valence-electron chi connectivity index (χ2n) is 8.55. The van der Waals surface area contributed by atoms with Crippen LogP contribution in [-0.2, 0) is 16.1 Å². The van der Waals surface area contributed by atoms with Gasteiger partial charge in [-0.2, -0.15) is 0 Å². The average Bonchev–Trinajstić information content (AvgIpc) is 3.38. The molecule has 0 unspecified atom stereocenters. The molecule has 0 atom stereocenters. The summed E-state index contributed by atoms with van der Waals surface area (Å²) in [5.41, 5.74) is 8.70. The maximum absolute atomic E-state index is 12.9. The summed E-state index contributed by atoms with van der Waals surface area (Å²) in [6.07, 6.45) is 5.90. The summed E-state index contributed by atoms with van der Waals surface area (Å²) in [5.74, 6) is 0.411. The molecule has 1 aliphatic carbocycles. The summed E-state index contributed by atoms with van der Waals surface area (Å²) >= 11 is 0. The van der Waals surface area contributed by atoms with E-state index in [0.29, 0.717) is 25.6 Å². The number of rotatable bonds is 3. The van der Waals surface area contributed by atoms with Crippen LogP contribution in [0.25, 0.3) is 5.65 Å². The van der Waals surface area contributed by atoms with E-state index in [2.05, 4.69) is 17.2 Å². The van der Waals surface area contributed by atoms with E-state index in [0.717, 1.165) is 17.0 Å². The van der Waals surface area contributed by atoms with Crippen molar-refractivity contribution in [1.29, 1.82) is 0 Å². The molecule has 4 rings (SSSR count). The predicted octanol–water partition coefficient (Wildman–Crippen LogP) is 2.25. The summed E-state index contributed by atoms with van der Waals surface area (Å²) in [6, 6.07) is 2.07. The van der Waals surface area contributed by atoms with Gasteiger partial charge in [-0.15, -0.1) is 0 Å². The van der Waals surface area contributed by atoms with Gasteiger partial charge in [-0.05, 0) is 51.2 Å². The van der Waals surface area contributed by atoms with Crippen LogP contribution in [0.1, 0.15) is 50.8 Å². The van der Waals surface area contributed by atoms with Gasteiger partial charge < -0.3 is 19.8 Å². The number of nitrogens with two attached hydrogens (primary N) is 1. The quantitative estimate of drug-likeness (QED) is 0.875. The van der Waals surface area contributed by atoms with Gasteiger partial charge in [0.25, 0.3) is 0 Å². The monoisotopic (exact) mass is 385 g/mol. The number of hydrogen-bond acceptors (Lipinski definition) is 5. The molecule has 2 aromatic rings. The third kappa shape index (κ3) is 3.69. The topological polar surface area (TPSA) is 93.2 Å². The number of ether oxygens (including phenoxy) is 1. The van der Waals surface area contributed by atoms with Crippen molar-refractivity contribution in [2.45, 2.75) is 51.7 Å². The molecule has 8 nitrogen and oxygen atoms in total. The average molecular weight is 385 g/mol. The standard InChI is InChI=1S/C20H27N5O3/c1-20(2,3)28-19(27)23-6-7-25(17(26)12-23)16-8-14(13-4-5-13)10-24-11-15(9-21)22-18(16)24/h8,10-11,13H,4-7,9,12,21H2,1-3H3. The zero-order valence-electron chi connectivity index (χ0n) is 16.6. The third-order valence-electron chi connectivity index (χ3n) is 5.02. The molecule has 2 amide bonds. The lowest BCUT2D eigenvalue weighted by Crippen LogP contribution is -2.53. The number of hydrogen-bond donors (Lipinski definition) is 1. The van der Waals surface area contributed by atoms with Gasteiger partial charge in [0.05, 0.1) is 11.4 Å². The number of piperazine rings is 1. The molecule has 2 N–H and O–H groups in total. The summed E-state index contributed by atoms with van der Waals surface area (Å²) in [5, 5.41) is 0. The third-order valence-corrected chi connectivity index (χ3v) is 5.02. The first-order valence-electron chi connectivity index (χ1n) is 9.75. The first-order chi connectivity index (χ1) is 13.2. The molecule has 0 bridgehead atoms. The molecule has 0 spiro atoms. The summed E-state index contributed by atoms with van der Waals surface area (Å²) in [7, 11) is 0. The van der Waals surface area contributed by atoms with Crippen molar-refractivity contribution in [3.05, 3.63) is 29.7 Å². The minimum absolute atomic E-state index is 0.000809. The minimum atomic E-state index is -0.587. The minimum Gasteiger partial charge on any atom is -0.444 e. The number of imidazole rings is 1. The Hall–Kier alpha value is -2.61. The second kappa shape index (κ2) is 6.77. The zero-order chi connectivity index (χ0) is 20.1. The van der Waals surface area contributed by atoms with Crippen molar-refractivity contribution in [3.8, 4) is 0 Å². The van der Waals surface area contributed by atoms with E-state index in [1.54, 1.807) is 4.90 Å². The Morgan fingerprint density at radius 3 is 2.64 bits per heavy atom. The highest BCUT2D eigenvalue weighted by Crippen LogP contribution is 2.42. The highest BCUT2D eigenvalue weighted by atomic mass is 16.6. The molecule has 28 heavy (non-hydrogen) atoms. The van der Waals surface area contributed by atoms with Gasteiger partial charge in [0, 0.05) is 32.0 Å². The molecular weight excluding hydrogens is 358 g/mol. The molecule has 2 aliphatic rings. The van der Waals surface area contributed by atoms with E-state index in [4.69, 9.17) is 10.5 Å². The van der Waals surface area contributed by atoms with Crippen LogP contribution in [0.3, 0.4) is 0 Å². The summed E-state index contributed by atoms with van der Waals surface area (Å²) in [6.45, 7) is 6.63. The van der Waals surface area contributed by atoms with Crippen molar-refractivity contribution in [2.75, 3.05) is 24.5 Å². The lowest BCUT2D eigenvalue weighted by molar-refractivity contribution is -0.121. The lowest BCUT2D eigenvalue weighted by atomic mass is 10.1. The van der Waals surface area contributed by atoms with Gasteiger partial charge in [0.2, 0.25) is 5.91 Å². The summed E-state index contributed by atoms with van der Waals surface area (Å²) < 4.78 is 7.37. The highest BCUT2D eigenvalue weighted by molar-refractivity contribution is 6.00. The second-order valence-corrected chi connectivity index (χ2v) is 8.55. The molecule has 2 fully saturated rings. The van der Waals surface area contributed by atoms with Crippen molar-refractivity contribution in [2.24, 2.45) is 5.73 Å². The van der Waals surface area contributed by atoms with Crippen molar-refractivity contribution < 1.29 is 14.3 Å². The first kappa shape index (κ1) is 18.7. The molecule has 2 aromatic heterocycles. The zero-order valence-corrected chi connectivity index (χ0v) is 16.6. The number of carbonyl (C=O) groups excluding carboxylic acids is 2. The highest BCUT2D eigenvalue weighted by Gasteiger charge is 2.33. The van der Waals surface area contributed by atoms with Crippen molar-refractivity contribution in [1.82, 2.24) is 14.3 Å². The largest absolute Gasteiger partial charge is 0.444 e. The fourth-order valence-electron chi connectivity index (χ4n) is 3.50. The van der Waals surface area contributed by atoms with E-state index in [1.807, 2.05) is 31.4 Å². The number of aromatic nitrogens is 2. The van der Waals surface area contributed by atoms with Crippen LogP contribution in [0.5, 0.6) is 0 Å². The number of fused-ring (bicyclic) bond motifs is 1. The Morgan fingerprint density at radius 1 is 1.29 bits per heavy atom. The van der Waals surface area contributed by atoms with E-state index < -0.39 is 11.7 Å². The van der Waals surface area contributed by atoms with Crippen LogP contribution in [-0.4, -0.2) is 51.5 Å². The van der Waals surface area contributed by atoms with Gasteiger partial charge >= 0.3 is 6.09 Å². The van der Waals surface area contributed by atoms with Gasteiger partial charge in [0.15, 0.2) is 5.65 Å². The maximum Gasteiger partial charge on any atom is 0.410 e. The lowest BCUT2D eigenvalue weighted by Gasteiger charge is -2.35. The normalized spacial score (nSPS) is 18.1.